The molecule has 2 bridgehead atoms. The summed E-state index contributed by atoms with van der Waals surface area (Å²) in [5.74, 6) is 1.00. The van der Waals surface area contributed by atoms with Gasteiger partial charge in [0.05, 0.1) is 12.1 Å². The number of nitrogens with zero attached hydrogens (tertiary/aromatic N) is 3. The molecule has 2 aromatic carbocycles. The summed E-state index contributed by atoms with van der Waals surface area (Å²) < 4.78 is 13.3. The number of hydrogen-bond acceptors (Lipinski definition) is 8. The van der Waals surface area contributed by atoms with E-state index in [-0.39, 0.29) is 37.4 Å². The van der Waals surface area contributed by atoms with E-state index in [4.69, 9.17) is 19.6 Å². The van der Waals surface area contributed by atoms with Gasteiger partial charge in [0, 0.05) is 19.4 Å². The first-order valence-electron chi connectivity index (χ1n) is 18.6. The Morgan fingerprint density at radius 3 is 2.42 bits per heavy atom. The number of fused-ring (bicyclic) bond motifs is 14. The van der Waals surface area contributed by atoms with Gasteiger partial charge in [-0.25, -0.2) is 9.67 Å². The molecule has 13 nitrogen and oxygen atoms in total. The van der Waals surface area contributed by atoms with Gasteiger partial charge in [-0.1, -0.05) is 56.3 Å². The van der Waals surface area contributed by atoms with Crippen molar-refractivity contribution in [2.45, 2.75) is 109 Å². The Hall–Kier alpha value is -4.78. The lowest BCUT2D eigenvalue weighted by molar-refractivity contribution is -0.135. The number of carbonyl (C=O) groups is 4. The molecule has 3 aromatic rings. The molecule has 0 spiro atoms. The van der Waals surface area contributed by atoms with Crippen LogP contribution in [0.4, 0.5) is 0 Å². The third-order valence-electron chi connectivity index (χ3n) is 9.66. The molecule has 1 aromatic heterocycles. The van der Waals surface area contributed by atoms with Crippen LogP contribution in [-0.4, -0.2) is 75.8 Å². The first kappa shape index (κ1) is 37.0. The minimum absolute atomic E-state index is 0.0875. The Morgan fingerprint density at radius 2 is 1.73 bits per heavy atom. The Bertz CT molecular complexity index is 1680. The number of nitrogens with one attached hydrogen (secondary N) is 4. The minimum atomic E-state index is -0.961. The van der Waals surface area contributed by atoms with E-state index in [0.717, 1.165) is 30.4 Å². The highest BCUT2D eigenvalue weighted by molar-refractivity contribution is 5.93. The van der Waals surface area contributed by atoms with Crippen LogP contribution in [0.2, 0.25) is 0 Å². The number of amides is 4. The number of hydrogen-bond donors (Lipinski definition) is 4. The summed E-state index contributed by atoms with van der Waals surface area (Å²) >= 11 is 0. The van der Waals surface area contributed by atoms with Crippen LogP contribution in [0.25, 0.3) is 0 Å². The van der Waals surface area contributed by atoms with Crippen LogP contribution in [0.15, 0.2) is 54.6 Å². The van der Waals surface area contributed by atoms with Crippen molar-refractivity contribution in [2.75, 3.05) is 13.2 Å². The minimum Gasteiger partial charge on any atom is -0.491 e. The molecule has 1 aliphatic carbocycles. The van der Waals surface area contributed by atoms with Crippen molar-refractivity contribution in [1.82, 2.24) is 36.0 Å². The third kappa shape index (κ3) is 10.4. The van der Waals surface area contributed by atoms with Crippen molar-refractivity contribution in [3.05, 3.63) is 77.4 Å². The standard InChI is InChI=1S/C39H51N7O6/c1-24(2)18-29-23-52-30-15-13-27(14-16-30)20-32(43-39(50)33-10-7-17-51-33)38(49)40-25(3)37(48)42-31(19-26-8-5-4-6-9-26)36-44-34(21-28-11-12-28)45-46(36)22-35(47)41-29/h4-6,8-9,13-16,24-25,28-29,31-33H,7,10-12,17-23H2,1-3H3,(H,40,49)(H,41,47)(H,42,48)(H,43,50)/t25-,29+,31-,32+,33+/m1/s1. The second kappa shape index (κ2) is 17.2. The molecule has 4 heterocycles. The highest BCUT2D eigenvalue weighted by Gasteiger charge is 2.32. The molecule has 1 saturated carbocycles. The van der Waals surface area contributed by atoms with E-state index in [1.165, 1.54) is 0 Å². The lowest BCUT2D eigenvalue weighted by atomic mass is 10.0. The maximum Gasteiger partial charge on any atom is 0.249 e. The van der Waals surface area contributed by atoms with Crippen molar-refractivity contribution in [1.29, 1.82) is 0 Å². The van der Waals surface area contributed by atoms with Crippen molar-refractivity contribution in [2.24, 2.45) is 11.8 Å². The zero-order chi connectivity index (χ0) is 36.6. The maximum atomic E-state index is 13.9. The largest absolute Gasteiger partial charge is 0.491 e. The number of carbonyl (C=O) groups excluding carboxylic acids is 4. The van der Waals surface area contributed by atoms with Crippen molar-refractivity contribution >= 4 is 23.6 Å². The smallest absolute Gasteiger partial charge is 0.249 e. The van der Waals surface area contributed by atoms with E-state index in [0.29, 0.717) is 61.5 Å². The molecule has 52 heavy (non-hydrogen) atoms. The van der Waals surface area contributed by atoms with Gasteiger partial charge in [-0.15, -0.1) is 0 Å². The van der Waals surface area contributed by atoms with Crippen LogP contribution in [0.3, 0.4) is 0 Å². The summed E-state index contributed by atoms with van der Waals surface area (Å²) in [7, 11) is 0. The zero-order valence-electron chi connectivity index (χ0n) is 30.3. The lowest BCUT2D eigenvalue weighted by Gasteiger charge is -2.25. The molecule has 0 unspecified atom stereocenters. The predicted octanol–water partition coefficient (Wildman–Crippen LogP) is 2.97. The SMILES string of the molecule is CC(C)C[C@H]1COc2ccc(cc2)C[C@H](NC(=O)[C@@H]2CCCO2)C(=O)N[C@H](C)C(=O)N[C@H](Cc2ccccc2)c2nc(CC3CC3)nn2CC(=O)N1. The Morgan fingerprint density at radius 1 is 0.962 bits per heavy atom. The molecule has 4 aliphatic rings. The number of aromatic nitrogens is 3. The van der Waals surface area contributed by atoms with Gasteiger partial charge in [0.15, 0.2) is 11.6 Å². The average molecular weight is 714 g/mol. The van der Waals surface area contributed by atoms with Crippen LogP contribution in [0.5, 0.6) is 5.75 Å². The number of benzene rings is 2. The van der Waals surface area contributed by atoms with Gasteiger partial charge in [-0.05, 0) is 80.5 Å². The second-order valence-corrected chi connectivity index (χ2v) is 14.8. The van der Waals surface area contributed by atoms with E-state index < -0.39 is 36.0 Å². The summed E-state index contributed by atoms with van der Waals surface area (Å²) in [4.78, 5) is 59.4. The molecule has 4 amide bonds. The summed E-state index contributed by atoms with van der Waals surface area (Å²) in [6.07, 6.45) is 4.93. The molecular weight excluding hydrogens is 662 g/mol. The summed E-state index contributed by atoms with van der Waals surface area (Å²) in [6.45, 7) is 6.47. The van der Waals surface area contributed by atoms with Gasteiger partial charge in [-0.2, -0.15) is 5.10 Å². The van der Waals surface area contributed by atoms with Crippen molar-refractivity contribution < 1.29 is 28.7 Å². The predicted molar refractivity (Wildman–Crippen MR) is 193 cm³/mol. The molecule has 3 aliphatic heterocycles. The van der Waals surface area contributed by atoms with Crippen LogP contribution in [-0.2, 0) is 49.7 Å². The molecule has 278 valence electrons. The fraction of sp³-hybridized carbons (Fsp3) is 0.538. The van der Waals surface area contributed by atoms with Gasteiger partial charge >= 0.3 is 0 Å². The van der Waals surface area contributed by atoms with Gasteiger partial charge in [0.25, 0.3) is 0 Å². The first-order chi connectivity index (χ1) is 25.1. The third-order valence-corrected chi connectivity index (χ3v) is 9.66. The molecule has 2 fully saturated rings. The topological polar surface area (TPSA) is 166 Å². The lowest BCUT2D eigenvalue weighted by Crippen LogP contribution is -2.55. The number of ether oxygens (including phenoxy) is 2. The van der Waals surface area contributed by atoms with Crippen LogP contribution >= 0.6 is 0 Å². The Balaban J connectivity index is 1.32. The van der Waals surface area contributed by atoms with Crippen molar-refractivity contribution in [3.8, 4) is 5.75 Å². The maximum absolute atomic E-state index is 13.9. The Kier molecular flexibility index (Phi) is 12.2. The molecule has 5 atom stereocenters. The van der Waals surface area contributed by atoms with E-state index >= 15 is 0 Å². The van der Waals surface area contributed by atoms with Gasteiger partial charge < -0.3 is 30.7 Å². The zero-order valence-corrected chi connectivity index (χ0v) is 30.3. The van der Waals surface area contributed by atoms with E-state index in [1.807, 2.05) is 54.6 Å². The molecule has 13 heteroatoms. The van der Waals surface area contributed by atoms with Crippen LogP contribution in [0, 0.1) is 11.8 Å². The average Bonchev–Trinajstić information content (AvgIpc) is 3.58. The van der Waals surface area contributed by atoms with Gasteiger partial charge in [0.1, 0.15) is 37.1 Å². The van der Waals surface area contributed by atoms with Crippen molar-refractivity contribution in [3.63, 3.8) is 0 Å². The van der Waals surface area contributed by atoms with Gasteiger partial charge in [0.2, 0.25) is 23.6 Å². The van der Waals surface area contributed by atoms with E-state index in [9.17, 15) is 19.2 Å². The second-order valence-electron chi connectivity index (χ2n) is 14.8. The fourth-order valence-corrected chi connectivity index (χ4v) is 6.74. The molecule has 7 rings (SSSR count). The molecule has 4 N–H and O–H groups in total. The van der Waals surface area contributed by atoms with Crippen LogP contribution < -0.4 is 26.0 Å². The highest BCUT2D eigenvalue weighted by Crippen LogP contribution is 2.32. The first-order valence-corrected chi connectivity index (χ1v) is 18.6. The quantitative estimate of drug-likeness (QED) is 0.277. The summed E-state index contributed by atoms with van der Waals surface area (Å²) in [5.41, 5.74) is 1.75. The monoisotopic (exact) mass is 713 g/mol. The van der Waals surface area contributed by atoms with Crippen LogP contribution in [0.1, 0.15) is 81.7 Å². The fourth-order valence-electron chi connectivity index (χ4n) is 6.74. The molecular formula is C39H51N7O6. The highest BCUT2D eigenvalue weighted by atomic mass is 16.5. The number of rotatable bonds is 8. The summed E-state index contributed by atoms with van der Waals surface area (Å²) in [5, 5.41) is 16.8. The molecule has 1 saturated heterocycles. The molecule has 0 radical (unpaired) electrons. The Labute approximate surface area is 305 Å². The van der Waals surface area contributed by atoms with Gasteiger partial charge in [-0.3, -0.25) is 19.2 Å². The van der Waals surface area contributed by atoms with E-state index in [2.05, 4.69) is 35.1 Å². The summed E-state index contributed by atoms with van der Waals surface area (Å²) in [6, 6.07) is 14.2. The van der Waals surface area contributed by atoms with E-state index in [1.54, 1.807) is 11.6 Å². The normalized spacial score (nSPS) is 24.7.